The van der Waals surface area contributed by atoms with E-state index in [-0.39, 0.29) is 17.0 Å². The van der Waals surface area contributed by atoms with Gasteiger partial charge in [0.15, 0.2) is 0 Å². The van der Waals surface area contributed by atoms with Gasteiger partial charge in [0, 0.05) is 0 Å². The van der Waals surface area contributed by atoms with Gasteiger partial charge in [-0.1, -0.05) is 0 Å². The Morgan fingerprint density at radius 1 is 0.548 bits per heavy atom. The van der Waals surface area contributed by atoms with Crippen LogP contribution in [0.1, 0.15) is 11.1 Å². The molecule has 0 aliphatic carbocycles. The first-order valence-corrected chi connectivity index (χ1v) is 12.0. The minimum atomic E-state index is -4.35. The van der Waals surface area contributed by atoms with Crippen molar-refractivity contribution in [1.29, 1.82) is 0 Å². The first kappa shape index (κ1) is 23.2. The summed E-state index contributed by atoms with van der Waals surface area (Å²) in [5.74, 6) is 0. The second kappa shape index (κ2) is 9.80. The summed E-state index contributed by atoms with van der Waals surface area (Å²) in [6.07, 6.45) is -3.80. The van der Waals surface area contributed by atoms with Crippen molar-refractivity contribution in [2.75, 3.05) is 0 Å². The Balaban J connectivity index is 0.00000272. The second-order valence-electron chi connectivity index (χ2n) is 7.38. The molecule has 0 nitrogen and oxygen atoms in total. The van der Waals surface area contributed by atoms with Crippen LogP contribution in [0.15, 0.2) is 115 Å². The van der Waals surface area contributed by atoms with Gasteiger partial charge in [-0.05, 0) is 0 Å². The van der Waals surface area contributed by atoms with E-state index in [2.05, 4.69) is 36.4 Å². The number of benzene rings is 4. The molecular formula is C26H23BrF3P. The second-order valence-corrected chi connectivity index (χ2v) is 11.3. The summed E-state index contributed by atoms with van der Waals surface area (Å²) in [4.78, 5) is 0. The van der Waals surface area contributed by atoms with Crippen LogP contribution in [0.25, 0.3) is 0 Å². The van der Waals surface area contributed by atoms with Crippen LogP contribution in [-0.2, 0) is 12.3 Å². The molecule has 4 aromatic carbocycles. The Morgan fingerprint density at radius 2 is 0.968 bits per heavy atom. The van der Waals surface area contributed by atoms with Crippen molar-refractivity contribution in [3.8, 4) is 0 Å². The van der Waals surface area contributed by atoms with E-state index in [1.165, 1.54) is 28.0 Å². The first-order valence-electron chi connectivity index (χ1n) is 9.83. The molecule has 31 heavy (non-hydrogen) atoms. The maximum atomic E-state index is 13.4. The van der Waals surface area contributed by atoms with Crippen molar-refractivity contribution in [2.45, 2.75) is 12.3 Å². The third kappa shape index (κ3) is 4.92. The number of rotatable bonds is 5. The zero-order valence-corrected chi connectivity index (χ0v) is 19.4. The van der Waals surface area contributed by atoms with Crippen LogP contribution < -0.4 is 15.9 Å². The van der Waals surface area contributed by atoms with Crippen LogP contribution in [0.4, 0.5) is 13.2 Å². The van der Waals surface area contributed by atoms with Crippen LogP contribution in [0.3, 0.4) is 0 Å². The van der Waals surface area contributed by atoms with E-state index in [1.807, 2.05) is 60.7 Å². The Kier molecular flexibility index (Phi) is 7.35. The van der Waals surface area contributed by atoms with Crippen LogP contribution in [0, 0.1) is 0 Å². The molecule has 5 heteroatoms. The zero-order valence-electron chi connectivity index (χ0n) is 16.7. The van der Waals surface area contributed by atoms with Gasteiger partial charge in [-0.3, -0.25) is 0 Å². The fraction of sp³-hybridized carbons (Fsp3) is 0.0769. The van der Waals surface area contributed by atoms with Crippen LogP contribution in [-0.4, -0.2) is 0 Å². The van der Waals surface area contributed by atoms with Gasteiger partial charge in [0.2, 0.25) is 0 Å². The topological polar surface area (TPSA) is 0 Å². The summed E-state index contributed by atoms with van der Waals surface area (Å²) in [5.41, 5.74) is 0.102. The molecular weight excluding hydrogens is 480 g/mol. The molecule has 0 heterocycles. The molecule has 0 aromatic heterocycles. The fourth-order valence-corrected chi connectivity index (χ4v) is 8.87. The van der Waals surface area contributed by atoms with Gasteiger partial charge in [-0.2, -0.15) is 0 Å². The number of hydrogen-bond acceptors (Lipinski definition) is 0. The van der Waals surface area contributed by atoms with Gasteiger partial charge in [-0.25, -0.2) is 0 Å². The van der Waals surface area contributed by atoms with Gasteiger partial charge < -0.3 is 0 Å². The Bertz CT molecular complexity index is 1000. The van der Waals surface area contributed by atoms with Gasteiger partial charge in [0.1, 0.15) is 0 Å². The van der Waals surface area contributed by atoms with Crippen LogP contribution in [0.5, 0.6) is 0 Å². The summed E-state index contributed by atoms with van der Waals surface area (Å²) in [5, 5.41) is 3.54. The molecule has 0 atom stereocenters. The van der Waals surface area contributed by atoms with Gasteiger partial charge in [-0.15, -0.1) is 17.0 Å². The van der Waals surface area contributed by atoms with E-state index in [9.17, 15) is 13.2 Å². The Morgan fingerprint density at radius 3 is 1.35 bits per heavy atom. The van der Waals surface area contributed by atoms with Crippen molar-refractivity contribution in [3.05, 3.63) is 126 Å². The summed E-state index contributed by atoms with van der Waals surface area (Å²) >= 11 is 0. The SMILES string of the molecule is Br.FC(F)(F)c1cccc(C[PH](c2ccccc2)(c2ccccc2)c2ccccc2)c1. The molecule has 0 unspecified atom stereocenters. The molecule has 0 aliphatic rings. The minimum absolute atomic E-state index is 0. The fourth-order valence-electron chi connectivity index (χ4n) is 4.14. The average Bonchev–Trinajstić information content (AvgIpc) is 2.79. The molecule has 0 spiro atoms. The standard InChI is InChI=1S/C26H22F3P.BrH/c27-26(28,29)22-12-10-11-21(19-22)20-30(23-13-4-1-5-14-23,24-15-6-2-7-16-24)25-17-8-3-9-18-25;/h1-19,30H,20H2;1H. The van der Waals surface area contributed by atoms with E-state index in [4.69, 9.17) is 0 Å². The van der Waals surface area contributed by atoms with Crippen molar-refractivity contribution in [2.24, 2.45) is 0 Å². The quantitative estimate of drug-likeness (QED) is 0.273. The summed E-state index contributed by atoms with van der Waals surface area (Å²) in [6.45, 7) is 0. The third-order valence-electron chi connectivity index (χ3n) is 5.52. The molecule has 0 N–H and O–H groups in total. The molecule has 0 radical (unpaired) electrons. The predicted molar refractivity (Wildman–Crippen MR) is 132 cm³/mol. The molecule has 0 fully saturated rings. The third-order valence-corrected chi connectivity index (χ3v) is 10.4. The van der Waals surface area contributed by atoms with E-state index < -0.39 is 19.0 Å². The van der Waals surface area contributed by atoms with Crippen LogP contribution >= 0.6 is 24.2 Å². The summed E-state index contributed by atoms with van der Waals surface area (Å²) in [6, 6.07) is 36.4. The van der Waals surface area contributed by atoms with E-state index in [0.717, 1.165) is 6.07 Å². The Labute approximate surface area is 191 Å². The normalized spacial score (nSPS) is 12.1. The summed E-state index contributed by atoms with van der Waals surface area (Å²) in [7, 11) is -2.61. The molecule has 0 bridgehead atoms. The number of alkyl halides is 3. The van der Waals surface area contributed by atoms with E-state index >= 15 is 0 Å². The average molecular weight is 503 g/mol. The zero-order chi connectivity index (χ0) is 21.0. The molecule has 4 aromatic rings. The molecule has 0 saturated heterocycles. The molecule has 0 amide bonds. The van der Waals surface area contributed by atoms with Crippen LogP contribution in [0.2, 0.25) is 0 Å². The van der Waals surface area contributed by atoms with Gasteiger partial charge in [0.05, 0.1) is 0 Å². The monoisotopic (exact) mass is 502 g/mol. The molecule has 160 valence electrons. The number of hydrogen-bond donors (Lipinski definition) is 0. The molecule has 0 aliphatic heterocycles. The van der Waals surface area contributed by atoms with Gasteiger partial charge >= 0.3 is 175 Å². The van der Waals surface area contributed by atoms with Crippen molar-refractivity contribution >= 4 is 40.2 Å². The maximum absolute atomic E-state index is 13.4. The van der Waals surface area contributed by atoms with Crippen molar-refractivity contribution in [1.82, 2.24) is 0 Å². The van der Waals surface area contributed by atoms with Crippen molar-refractivity contribution in [3.63, 3.8) is 0 Å². The molecule has 0 saturated carbocycles. The molecule has 4 rings (SSSR count). The van der Waals surface area contributed by atoms with E-state index in [0.29, 0.717) is 11.7 Å². The predicted octanol–water partition coefficient (Wildman–Crippen LogP) is 6.51. The Hall–Kier alpha value is -2.42. The van der Waals surface area contributed by atoms with E-state index in [1.54, 1.807) is 0 Å². The van der Waals surface area contributed by atoms with Gasteiger partial charge in [0.25, 0.3) is 0 Å². The first-order chi connectivity index (χ1) is 14.5. The number of halogens is 4. The summed E-state index contributed by atoms with van der Waals surface area (Å²) < 4.78 is 40.1. The van der Waals surface area contributed by atoms with Crippen molar-refractivity contribution < 1.29 is 13.2 Å².